The van der Waals surface area contributed by atoms with Crippen LogP contribution < -0.4 is 15.5 Å². The Morgan fingerprint density at radius 3 is 2.29 bits per heavy atom. The second kappa shape index (κ2) is 10.9. The Balaban J connectivity index is 1.51. The highest BCUT2D eigenvalue weighted by Gasteiger charge is 2.34. The molecule has 2 aliphatic rings. The molecule has 2 aromatic rings. The molecule has 1 unspecified atom stereocenters. The van der Waals surface area contributed by atoms with Crippen LogP contribution in [0.1, 0.15) is 35.8 Å². The summed E-state index contributed by atoms with van der Waals surface area (Å²) in [5.41, 5.74) is 3.47. The molecule has 0 saturated carbocycles. The Bertz CT molecular complexity index is 1120. The maximum atomic E-state index is 13.0. The Hall–Kier alpha value is -3.36. The zero-order valence-electron chi connectivity index (χ0n) is 19.8. The number of carbonyl (C=O) groups excluding carboxylic acids is 3. The number of nitrogens with zero attached hydrogens (tertiary/aromatic N) is 2. The van der Waals surface area contributed by atoms with Gasteiger partial charge >= 0.3 is 12.0 Å². The molecule has 2 heterocycles. The molecular weight excluding hydrogens is 468 g/mol. The first-order valence-corrected chi connectivity index (χ1v) is 12.0. The van der Waals surface area contributed by atoms with Crippen LogP contribution in [0.25, 0.3) is 0 Å². The monoisotopic (exact) mass is 496 g/mol. The third kappa shape index (κ3) is 5.83. The van der Waals surface area contributed by atoms with Gasteiger partial charge in [0, 0.05) is 54.7 Å². The zero-order chi connectivity index (χ0) is 24.9. The molecule has 2 amide bonds. The number of amides is 2. The number of ketones is 1. The number of Topliss-reactive ketones (excluding diaryl/α,β-unsaturated/α-hetero) is 1. The molecule has 0 bridgehead atoms. The van der Waals surface area contributed by atoms with Gasteiger partial charge in [0.2, 0.25) is 0 Å². The van der Waals surface area contributed by atoms with Gasteiger partial charge in [-0.25, -0.2) is 9.59 Å². The Kier molecular flexibility index (Phi) is 7.73. The first-order chi connectivity index (χ1) is 16.9. The molecule has 2 aromatic carbocycles. The Morgan fingerprint density at radius 2 is 1.69 bits per heavy atom. The number of carbonyl (C=O) groups is 3. The van der Waals surface area contributed by atoms with Crippen molar-refractivity contribution in [2.75, 3.05) is 44.2 Å². The van der Waals surface area contributed by atoms with Crippen LogP contribution in [-0.4, -0.2) is 62.0 Å². The smallest absolute Gasteiger partial charge is 0.338 e. The van der Waals surface area contributed by atoms with Crippen molar-refractivity contribution in [1.82, 2.24) is 15.5 Å². The molecule has 0 aliphatic carbocycles. The van der Waals surface area contributed by atoms with Gasteiger partial charge in [-0.3, -0.25) is 9.69 Å². The summed E-state index contributed by atoms with van der Waals surface area (Å²) in [4.78, 5) is 41.5. The summed E-state index contributed by atoms with van der Waals surface area (Å²) in [6.07, 6.45) is 0. The molecule has 2 aliphatic heterocycles. The normalized spacial score (nSPS) is 18.7. The van der Waals surface area contributed by atoms with Gasteiger partial charge in [-0.15, -0.1) is 0 Å². The van der Waals surface area contributed by atoms with Crippen molar-refractivity contribution >= 4 is 35.1 Å². The van der Waals surface area contributed by atoms with E-state index in [1.807, 2.05) is 24.3 Å². The Morgan fingerprint density at radius 1 is 1.03 bits per heavy atom. The third-order valence-electron chi connectivity index (χ3n) is 6.25. The van der Waals surface area contributed by atoms with E-state index in [2.05, 4.69) is 20.4 Å². The minimum absolute atomic E-state index is 0.0490. The lowest BCUT2D eigenvalue weighted by molar-refractivity contribution is -0.139. The van der Waals surface area contributed by atoms with E-state index in [0.29, 0.717) is 28.4 Å². The van der Waals surface area contributed by atoms with Crippen molar-refractivity contribution < 1.29 is 19.1 Å². The fraction of sp³-hybridized carbons (Fsp3) is 0.346. The van der Waals surface area contributed by atoms with Crippen LogP contribution in [0, 0.1) is 0 Å². The topological polar surface area (TPSA) is 91.0 Å². The number of halogens is 1. The van der Waals surface area contributed by atoms with E-state index in [9.17, 15) is 14.4 Å². The molecular formula is C26H29ClN4O4. The number of hydrogen-bond donors (Lipinski definition) is 2. The summed E-state index contributed by atoms with van der Waals surface area (Å²) in [7, 11) is 0. The summed E-state index contributed by atoms with van der Waals surface area (Å²) < 4.78 is 5.35. The van der Waals surface area contributed by atoms with Gasteiger partial charge in [-0.2, -0.15) is 0 Å². The molecule has 35 heavy (non-hydrogen) atoms. The van der Waals surface area contributed by atoms with Crippen LogP contribution in [-0.2, 0) is 9.53 Å². The summed E-state index contributed by atoms with van der Waals surface area (Å²) in [5, 5.41) is 6.26. The van der Waals surface area contributed by atoms with E-state index in [-0.39, 0.29) is 18.4 Å². The molecule has 4 rings (SSSR count). The van der Waals surface area contributed by atoms with Gasteiger partial charge in [0.25, 0.3) is 0 Å². The lowest BCUT2D eigenvalue weighted by atomic mass is 9.95. The molecule has 1 saturated heterocycles. The van der Waals surface area contributed by atoms with Crippen LogP contribution in [0.4, 0.5) is 10.5 Å². The van der Waals surface area contributed by atoms with E-state index in [1.54, 1.807) is 38.1 Å². The lowest BCUT2D eigenvalue weighted by Crippen LogP contribution is -2.51. The molecule has 1 fully saturated rings. The van der Waals surface area contributed by atoms with E-state index in [0.717, 1.165) is 37.4 Å². The van der Waals surface area contributed by atoms with Gasteiger partial charge in [0.05, 0.1) is 18.2 Å². The SMILES string of the molecule is CCOC(=O)C1=C(CN2CCN(c3ccc(C(C)=O)cc3)CC2)NC(=O)NC1c1ccc(Cl)cc1. The van der Waals surface area contributed by atoms with E-state index >= 15 is 0 Å². The van der Waals surface area contributed by atoms with Gasteiger partial charge in [-0.1, -0.05) is 23.7 Å². The van der Waals surface area contributed by atoms with E-state index in [4.69, 9.17) is 16.3 Å². The molecule has 9 heteroatoms. The first-order valence-electron chi connectivity index (χ1n) is 11.7. The number of nitrogens with one attached hydrogen (secondary N) is 2. The van der Waals surface area contributed by atoms with Crippen molar-refractivity contribution in [2.24, 2.45) is 0 Å². The van der Waals surface area contributed by atoms with E-state index in [1.165, 1.54) is 0 Å². The fourth-order valence-corrected chi connectivity index (χ4v) is 4.52. The van der Waals surface area contributed by atoms with Gasteiger partial charge in [-0.05, 0) is 55.8 Å². The number of urea groups is 1. The van der Waals surface area contributed by atoms with Crippen LogP contribution in [0.2, 0.25) is 5.02 Å². The quantitative estimate of drug-likeness (QED) is 0.450. The minimum atomic E-state index is -0.629. The summed E-state index contributed by atoms with van der Waals surface area (Å²) >= 11 is 6.03. The summed E-state index contributed by atoms with van der Waals surface area (Å²) in [6.45, 7) is 7.05. The maximum Gasteiger partial charge on any atom is 0.338 e. The average Bonchev–Trinajstić information content (AvgIpc) is 2.85. The van der Waals surface area contributed by atoms with Crippen molar-refractivity contribution in [2.45, 2.75) is 19.9 Å². The van der Waals surface area contributed by atoms with Gasteiger partial charge < -0.3 is 20.3 Å². The highest BCUT2D eigenvalue weighted by atomic mass is 35.5. The summed E-state index contributed by atoms with van der Waals surface area (Å²) in [6, 6.07) is 13.7. The number of hydrogen-bond acceptors (Lipinski definition) is 6. The highest BCUT2D eigenvalue weighted by molar-refractivity contribution is 6.30. The van der Waals surface area contributed by atoms with Crippen LogP contribution >= 0.6 is 11.6 Å². The fourth-order valence-electron chi connectivity index (χ4n) is 4.39. The minimum Gasteiger partial charge on any atom is -0.463 e. The second-order valence-electron chi connectivity index (χ2n) is 8.56. The summed E-state index contributed by atoms with van der Waals surface area (Å²) in [5.74, 6) is -0.410. The number of rotatable bonds is 7. The number of anilines is 1. The number of ether oxygens (including phenoxy) is 1. The predicted octanol–water partition coefficient (Wildman–Crippen LogP) is 3.54. The van der Waals surface area contributed by atoms with Gasteiger partial charge in [0.15, 0.2) is 5.78 Å². The molecule has 0 spiro atoms. The molecule has 8 nitrogen and oxygen atoms in total. The predicted molar refractivity (Wildman–Crippen MR) is 135 cm³/mol. The van der Waals surface area contributed by atoms with Crippen molar-refractivity contribution in [1.29, 1.82) is 0 Å². The molecule has 0 radical (unpaired) electrons. The molecule has 2 N–H and O–H groups in total. The standard InChI is InChI=1S/C26H29ClN4O4/c1-3-35-25(33)23-22(28-26(34)29-24(23)19-4-8-20(27)9-5-19)16-30-12-14-31(15-13-30)21-10-6-18(7-11-21)17(2)32/h4-11,24H,3,12-16H2,1-2H3,(H2,28,29,34). The molecule has 0 aromatic heterocycles. The van der Waals surface area contributed by atoms with Crippen LogP contribution in [0.15, 0.2) is 59.8 Å². The Labute approximate surface area is 209 Å². The number of esters is 1. The third-order valence-corrected chi connectivity index (χ3v) is 6.50. The number of piperazine rings is 1. The molecule has 1 atom stereocenters. The van der Waals surface area contributed by atoms with Crippen LogP contribution in [0.3, 0.4) is 0 Å². The molecule has 184 valence electrons. The lowest BCUT2D eigenvalue weighted by Gasteiger charge is -2.38. The van der Waals surface area contributed by atoms with Crippen molar-refractivity contribution in [3.05, 3.63) is 76.0 Å². The largest absolute Gasteiger partial charge is 0.463 e. The van der Waals surface area contributed by atoms with Crippen molar-refractivity contribution in [3.8, 4) is 0 Å². The second-order valence-corrected chi connectivity index (χ2v) is 9.00. The zero-order valence-corrected chi connectivity index (χ0v) is 20.6. The number of benzene rings is 2. The van der Waals surface area contributed by atoms with Gasteiger partial charge in [0.1, 0.15) is 0 Å². The van der Waals surface area contributed by atoms with Crippen molar-refractivity contribution in [3.63, 3.8) is 0 Å². The first kappa shape index (κ1) is 24.8. The van der Waals surface area contributed by atoms with E-state index < -0.39 is 12.0 Å². The average molecular weight is 497 g/mol. The maximum absolute atomic E-state index is 13.0. The van der Waals surface area contributed by atoms with Crippen LogP contribution in [0.5, 0.6) is 0 Å². The highest BCUT2D eigenvalue weighted by Crippen LogP contribution is 2.29.